The largest absolute Gasteiger partial charge is 0.384 e. The number of aryl methyl sites for hydroxylation is 1. The van der Waals surface area contributed by atoms with Crippen LogP contribution in [-0.2, 0) is 16.8 Å². The van der Waals surface area contributed by atoms with Crippen LogP contribution in [0.25, 0.3) is 0 Å². The molecule has 1 aliphatic rings. The molecule has 0 aliphatic carbocycles. The number of hydrogen-bond donors (Lipinski definition) is 1. The van der Waals surface area contributed by atoms with E-state index in [1.807, 2.05) is 13.0 Å². The zero-order valence-electron chi connectivity index (χ0n) is 9.29. The molecule has 0 spiro atoms. The van der Waals surface area contributed by atoms with Crippen LogP contribution in [0.15, 0.2) is 6.07 Å². The number of nitrogen functional groups attached to an aromatic ring is 1. The second kappa shape index (κ2) is 3.77. The lowest BCUT2D eigenvalue weighted by atomic mass is 10.0. The maximum atomic E-state index is 5.75. The Hall–Kier alpha value is -1.16. The Kier molecular flexibility index (Phi) is 2.61. The number of nitrogens with two attached hydrogens (primary N) is 1. The van der Waals surface area contributed by atoms with Crippen LogP contribution in [0.2, 0.25) is 0 Å². The van der Waals surface area contributed by atoms with Gasteiger partial charge in [-0.1, -0.05) is 6.92 Å². The molecule has 0 aromatic carbocycles. The van der Waals surface area contributed by atoms with Crippen molar-refractivity contribution in [3.8, 4) is 0 Å². The van der Waals surface area contributed by atoms with Gasteiger partial charge in [-0.25, -0.2) is 9.97 Å². The Morgan fingerprint density at radius 3 is 2.93 bits per heavy atom. The molecule has 82 valence electrons. The van der Waals surface area contributed by atoms with Crippen molar-refractivity contribution in [3.05, 3.63) is 17.6 Å². The molecule has 1 saturated heterocycles. The summed E-state index contributed by atoms with van der Waals surface area (Å²) in [7, 11) is 0. The van der Waals surface area contributed by atoms with Gasteiger partial charge in [0, 0.05) is 18.4 Å². The van der Waals surface area contributed by atoms with Gasteiger partial charge in [0.2, 0.25) is 0 Å². The quantitative estimate of drug-likeness (QED) is 0.801. The lowest BCUT2D eigenvalue weighted by Crippen LogP contribution is -2.24. The molecule has 15 heavy (non-hydrogen) atoms. The summed E-state index contributed by atoms with van der Waals surface area (Å²) in [5.74, 6) is 1.27. The fraction of sp³-hybridized carbons (Fsp3) is 0.636. The van der Waals surface area contributed by atoms with E-state index in [2.05, 4.69) is 16.9 Å². The molecule has 0 amide bonds. The van der Waals surface area contributed by atoms with Crippen molar-refractivity contribution >= 4 is 5.82 Å². The maximum absolute atomic E-state index is 5.75. The molecule has 2 rings (SSSR count). The first kappa shape index (κ1) is 10.4. The van der Waals surface area contributed by atoms with Crippen molar-refractivity contribution in [2.75, 3.05) is 12.3 Å². The van der Waals surface area contributed by atoms with E-state index in [1.165, 1.54) is 0 Å². The molecule has 1 unspecified atom stereocenters. The molecule has 4 nitrogen and oxygen atoms in total. The monoisotopic (exact) mass is 207 g/mol. The zero-order valence-corrected chi connectivity index (χ0v) is 9.29. The molecular formula is C11H17N3O. The van der Waals surface area contributed by atoms with Crippen LogP contribution in [-0.4, -0.2) is 16.6 Å². The highest BCUT2D eigenvalue weighted by molar-refractivity contribution is 5.31. The first-order valence-electron chi connectivity index (χ1n) is 5.42. The fourth-order valence-corrected chi connectivity index (χ4v) is 1.89. The van der Waals surface area contributed by atoms with Crippen molar-refractivity contribution in [2.24, 2.45) is 0 Å². The minimum absolute atomic E-state index is 0.334. The van der Waals surface area contributed by atoms with E-state index in [0.717, 1.165) is 37.4 Å². The second-order valence-electron chi connectivity index (χ2n) is 4.14. The topological polar surface area (TPSA) is 61.0 Å². The van der Waals surface area contributed by atoms with Gasteiger partial charge in [-0.05, 0) is 26.2 Å². The standard InChI is InChI=1S/C11H17N3O/c1-3-8-7-9(12)14-10(13-8)11(2)5-4-6-15-11/h7H,3-6H2,1-2H3,(H2,12,13,14). The lowest BCUT2D eigenvalue weighted by molar-refractivity contribution is 0.00929. The molecule has 2 heterocycles. The minimum Gasteiger partial charge on any atom is -0.384 e. The number of anilines is 1. The van der Waals surface area contributed by atoms with Gasteiger partial charge in [0.1, 0.15) is 11.4 Å². The van der Waals surface area contributed by atoms with Crippen LogP contribution in [0.4, 0.5) is 5.82 Å². The van der Waals surface area contributed by atoms with Crippen LogP contribution >= 0.6 is 0 Å². The van der Waals surface area contributed by atoms with Gasteiger partial charge in [-0.3, -0.25) is 0 Å². The highest BCUT2D eigenvalue weighted by Gasteiger charge is 2.35. The molecule has 0 saturated carbocycles. The summed E-state index contributed by atoms with van der Waals surface area (Å²) >= 11 is 0. The Bertz CT molecular complexity index is 359. The van der Waals surface area contributed by atoms with Crippen LogP contribution in [0.1, 0.15) is 38.2 Å². The molecule has 1 atom stereocenters. The lowest BCUT2D eigenvalue weighted by Gasteiger charge is -2.21. The molecule has 2 N–H and O–H groups in total. The van der Waals surface area contributed by atoms with Crippen molar-refractivity contribution in [1.29, 1.82) is 0 Å². The third-order valence-corrected chi connectivity index (χ3v) is 2.85. The summed E-state index contributed by atoms with van der Waals surface area (Å²) in [5, 5.41) is 0. The third kappa shape index (κ3) is 1.95. The van der Waals surface area contributed by atoms with E-state index in [0.29, 0.717) is 5.82 Å². The summed E-state index contributed by atoms with van der Waals surface area (Å²) in [4.78, 5) is 8.77. The van der Waals surface area contributed by atoms with Gasteiger partial charge in [-0.2, -0.15) is 0 Å². The zero-order chi connectivity index (χ0) is 10.9. The predicted octanol–water partition coefficient (Wildman–Crippen LogP) is 1.65. The van der Waals surface area contributed by atoms with E-state index in [-0.39, 0.29) is 5.60 Å². The van der Waals surface area contributed by atoms with E-state index in [9.17, 15) is 0 Å². The molecule has 0 radical (unpaired) electrons. The van der Waals surface area contributed by atoms with Gasteiger partial charge in [0.05, 0.1) is 0 Å². The summed E-state index contributed by atoms with van der Waals surface area (Å²) in [6.07, 6.45) is 2.91. The normalized spacial score (nSPS) is 25.7. The van der Waals surface area contributed by atoms with Crippen molar-refractivity contribution < 1.29 is 4.74 Å². The van der Waals surface area contributed by atoms with Crippen LogP contribution in [0.5, 0.6) is 0 Å². The Labute approximate surface area is 89.9 Å². The van der Waals surface area contributed by atoms with Gasteiger partial charge < -0.3 is 10.5 Å². The fourth-order valence-electron chi connectivity index (χ4n) is 1.89. The van der Waals surface area contributed by atoms with E-state index in [1.54, 1.807) is 0 Å². The Balaban J connectivity index is 2.38. The highest BCUT2D eigenvalue weighted by Crippen LogP contribution is 2.33. The summed E-state index contributed by atoms with van der Waals surface area (Å²) in [6, 6.07) is 1.82. The second-order valence-corrected chi connectivity index (χ2v) is 4.14. The van der Waals surface area contributed by atoms with Crippen molar-refractivity contribution in [2.45, 2.75) is 38.7 Å². The Morgan fingerprint density at radius 2 is 2.33 bits per heavy atom. The van der Waals surface area contributed by atoms with Crippen molar-refractivity contribution in [3.63, 3.8) is 0 Å². The maximum Gasteiger partial charge on any atom is 0.162 e. The molecular weight excluding hydrogens is 190 g/mol. The Morgan fingerprint density at radius 1 is 1.53 bits per heavy atom. The number of rotatable bonds is 2. The average molecular weight is 207 g/mol. The SMILES string of the molecule is CCc1cc(N)nc(C2(C)CCCO2)n1. The highest BCUT2D eigenvalue weighted by atomic mass is 16.5. The van der Waals surface area contributed by atoms with Gasteiger partial charge in [0.15, 0.2) is 5.82 Å². The smallest absolute Gasteiger partial charge is 0.162 e. The van der Waals surface area contributed by atoms with E-state index in [4.69, 9.17) is 10.5 Å². The van der Waals surface area contributed by atoms with Crippen LogP contribution < -0.4 is 5.73 Å². The molecule has 1 aliphatic heterocycles. The predicted molar refractivity (Wildman–Crippen MR) is 58.4 cm³/mol. The number of ether oxygens (including phenoxy) is 1. The molecule has 1 aromatic rings. The van der Waals surface area contributed by atoms with Crippen LogP contribution in [0, 0.1) is 0 Å². The van der Waals surface area contributed by atoms with E-state index >= 15 is 0 Å². The van der Waals surface area contributed by atoms with Gasteiger partial charge >= 0.3 is 0 Å². The first-order chi connectivity index (χ1) is 7.14. The molecule has 4 heteroatoms. The number of aromatic nitrogens is 2. The van der Waals surface area contributed by atoms with Gasteiger partial charge in [0.25, 0.3) is 0 Å². The summed E-state index contributed by atoms with van der Waals surface area (Å²) in [6.45, 7) is 4.88. The number of hydrogen-bond acceptors (Lipinski definition) is 4. The van der Waals surface area contributed by atoms with E-state index < -0.39 is 0 Å². The molecule has 1 fully saturated rings. The average Bonchev–Trinajstić information content (AvgIpc) is 2.65. The minimum atomic E-state index is -0.334. The van der Waals surface area contributed by atoms with Gasteiger partial charge in [-0.15, -0.1) is 0 Å². The first-order valence-corrected chi connectivity index (χ1v) is 5.42. The summed E-state index contributed by atoms with van der Waals surface area (Å²) in [5.41, 5.74) is 6.40. The number of nitrogens with zero attached hydrogens (tertiary/aromatic N) is 2. The molecule has 1 aromatic heterocycles. The van der Waals surface area contributed by atoms with Crippen LogP contribution in [0.3, 0.4) is 0 Å². The summed E-state index contributed by atoms with van der Waals surface area (Å²) < 4.78 is 5.70. The van der Waals surface area contributed by atoms with Crippen molar-refractivity contribution in [1.82, 2.24) is 9.97 Å². The third-order valence-electron chi connectivity index (χ3n) is 2.85. The molecule has 0 bridgehead atoms.